The maximum atomic E-state index is 13.5. The first kappa shape index (κ1) is 16.8. The highest BCUT2D eigenvalue weighted by atomic mass is 32.2. The number of benzene rings is 1. The summed E-state index contributed by atoms with van der Waals surface area (Å²) >= 11 is 0. The van der Waals surface area contributed by atoms with Gasteiger partial charge >= 0.3 is 5.97 Å². The fourth-order valence-corrected chi connectivity index (χ4v) is 4.35. The van der Waals surface area contributed by atoms with E-state index in [0.717, 1.165) is 31.4 Å². The van der Waals surface area contributed by atoms with E-state index in [1.165, 1.54) is 0 Å². The van der Waals surface area contributed by atoms with E-state index in [9.17, 15) is 26.4 Å². The van der Waals surface area contributed by atoms with Crippen LogP contribution in [-0.4, -0.2) is 44.3 Å². The molecule has 0 amide bonds. The average molecular weight is 337 g/mol. The van der Waals surface area contributed by atoms with Crippen molar-refractivity contribution in [3.8, 4) is 0 Å². The Morgan fingerprint density at radius 3 is 2.41 bits per heavy atom. The molecule has 0 spiro atoms. The lowest BCUT2D eigenvalue weighted by atomic mass is 9.98. The molecule has 1 aromatic carbocycles. The van der Waals surface area contributed by atoms with Gasteiger partial charge in [0.2, 0.25) is 10.0 Å². The Morgan fingerprint density at radius 1 is 1.32 bits per heavy atom. The number of hydrogen-bond acceptors (Lipinski definition) is 4. The fraction of sp³-hybridized carbons (Fsp3) is 0.462. The monoisotopic (exact) mass is 337 g/mol. The maximum absolute atomic E-state index is 13.5. The molecule has 1 saturated heterocycles. The molecule has 0 bridgehead atoms. The van der Waals surface area contributed by atoms with E-state index in [-0.39, 0.29) is 24.3 Å². The van der Waals surface area contributed by atoms with Crippen LogP contribution in [0.2, 0.25) is 0 Å². The third-order valence-electron chi connectivity index (χ3n) is 3.67. The van der Waals surface area contributed by atoms with Crippen LogP contribution in [0.4, 0.5) is 13.2 Å². The molecular formula is C13H14F3NO4S. The van der Waals surface area contributed by atoms with Crippen molar-refractivity contribution in [1.29, 1.82) is 0 Å². The molecule has 5 nitrogen and oxygen atoms in total. The van der Waals surface area contributed by atoms with E-state index in [1.807, 2.05) is 0 Å². The van der Waals surface area contributed by atoms with Crippen molar-refractivity contribution in [1.82, 2.24) is 4.31 Å². The molecule has 0 N–H and O–H groups in total. The van der Waals surface area contributed by atoms with E-state index in [0.29, 0.717) is 4.31 Å². The van der Waals surface area contributed by atoms with Crippen molar-refractivity contribution < 1.29 is 31.1 Å². The van der Waals surface area contributed by atoms with Gasteiger partial charge < -0.3 is 4.74 Å². The number of hydrogen-bond donors (Lipinski definition) is 0. The Labute approximate surface area is 125 Å². The molecule has 1 aromatic rings. The number of rotatable bonds is 4. The third-order valence-corrected chi connectivity index (χ3v) is 5.62. The molecule has 1 heterocycles. The van der Waals surface area contributed by atoms with E-state index in [4.69, 9.17) is 0 Å². The fourth-order valence-electron chi connectivity index (χ4n) is 2.57. The number of nitrogens with zero attached hydrogens (tertiary/aromatic N) is 1. The Kier molecular flexibility index (Phi) is 4.48. The zero-order valence-corrected chi connectivity index (χ0v) is 12.4. The minimum absolute atomic E-state index is 0.0971. The largest absolute Gasteiger partial charge is 0.467 e. The Balaban J connectivity index is 2.53. The molecule has 1 aliphatic heterocycles. The summed E-state index contributed by atoms with van der Waals surface area (Å²) in [6.45, 7) is -0.237. The van der Waals surface area contributed by atoms with Gasteiger partial charge in [-0.2, -0.15) is 4.31 Å². The zero-order valence-electron chi connectivity index (χ0n) is 11.6. The number of ether oxygens (including phenoxy) is 1. The maximum Gasteiger partial charge on any atom is 0.333 e. The summed E-state index contributed by atoms with van der Waals surface area (Å²) < 4.78 is 69.9. The molecule has 2 rings (SSSR count). The van der Waals surface area contributed by atoms with Gasteiger partial charge in [0.05, 0.1) is 12.0 Å². The summed E-state index contributed by atoms with van der Waals surface area (Å²) in [6.07, 6.45) is -3.48. The molecule has 0 unspecified atom stereocenters. The number of alkyl halides is 2. The van der Waals surface area contributed by atoms with Gasteiger partial charge in [0.1, 0.15) is 5.82 Å². The second-order valence-electron chi connectivity index (χ2n) is 4.85. The van der Waals surface area contributed by atoms with Gasteiger partial charge in [0, 0.05) is 6.54 Å². The number of esters is 1. The van der Waals surface area contributed by atoms with Gasteiger partial charge in [-0.15, -0.1) is 0 Å². The van der Waals surface area contributed by atoms with Gasteiger partial charge in [-0.1, -0.05) is 0 Å². The van der Waals surface area contributed by atoms with Crippen molar-refractivity contribution >= 4 is 16.0 Å². The van der Waals surface area contributed by atoms with Crippen LogP contribution in [0, 0.1) is 5.82 Å². The van der Waals surface area contributed by atoms with Gasteiger partial charge in [-0.05, 0) is 37.1 Å². The van der Waals surface area contributed by atoms with Crippen LogP contribution in [0.25, 0.3) is 0 Å². The van der Waals surface area contributed by atoms with Crippen LogP contribution in [0.1, 0.15) is 12.8 Å². The minimum atomic E-state index is -4.38. The van der Waals surface area contributed by atoms with E-state index in [1.54, 1.807) is 0 Å². The third kappa shape index (κ3) is 2.48. The predicted molar refractivity (Wildman–Crippen MR) is 70.3 cm³/mol. The van der Waals surface area contributed by atoms with Crippen LogP contribution in [0.3, 0.4) is 0 Å². The number of carbonyl (C=O) groups is 1. The SMILES string of the molecule is COC(=O)[C@]1(C(F)F)CCCN1S(=O)(=O)c1ccc(F)cc1. The molecule has 0 saturated carbocycles. The molecule has 1 aliphatic rings. The smallest absolute Gasteiger partial charge is 0.333 e. The number of methoxy groups -OCH3 is 1. The summed E-state index contributed by atoms with van der Waals surface area (Å²) in [5.41, 5.74) is -2.54. The quantitative estimate of drug-likeness (QED) is 0.786. The van der Waals surface area contributed by atoms with Gasteiger partial charge in [-0.25, -0.2) is 26.4 Å². The standard InChI is InChI=1S/C13H14F3NO4S/c1-21-12(18)13(11(15)16)7-2-8-17(13)22(19,20)10-5-3-9(14)4-6-10/h3-6,11H,2,7-8H2,1H3/t13-/m1/s1. The summed E-state index contributed by atoms with van der Waals surface area (Å²) in [6, 6.07) is 3.75. The van der Waals surface area contributed by atoms with Gasteiger partial charge in [-0.3, -0.25) is 0 Å². The van der Waals surface area contributed by atoms with Crippen molar-refractivity contribution in [2.24, 2.45) is 0 Å². The number of sulfonamides is 1. The summed E-state index contributed by atoms with van der Waals surface area (Å²) in [7, 11) is -3.45. The lowest BCUT2D eigenvalue weighted by molar-refractivity contribution is -0.159. The van der Waals surface area contributed by atoms with Gasteiger partial charge in [0.15, 0.2) is 5.54 Å². The lowest BCUT2D eigenvalue weighted by Crippen LogP contribution is -2.58. The van der Waals surface area contributed by atoms with Crippen LogP contribution in [0.5, 0.6) is 0 Å². The van der Waals surface area contributed by atoms with Crippen molar-refractivity contribution in [2.75, 3.05) is 13.7 Å². The second kappa shape index (κ2) is 5.88. The summed E-state index contributed by atoms with van der Waals surface area (Å²) in [4.78, 5) is 11.5. The van der Waals surface area contributed by atoms with E-state index < -0.39 is 33.8 Å². The molecule has 9 heteroatoms. The topological polar surface area (TPSA) is 63.7 Å². The second-order valence-corrected chi connectivity index (χ2v) is 6.71. The van der Waals surface area contributed by atoms with Crippen molar-refractivity contribution in [3.05, 3.63) is 30.1 Å². The average Bonchev–Trinajstić information content (AvgIpc) is 2.93. The normalized spacial score (nSPS) is 23.0. The lowest BCUT2D eigenvalue weighted by Gasteiger charge is -2.34. The molecular weight excluding hydrogens is 323 g/mol. The molecule has 1 fully saturated rings. The number of carbonyl (C=O) groups excluding carboxylic acids is 1. The number of halogens is 3. The highest BCUT2D eigenvalue weighted by molar-refractivity contribution is 7.89. The molecule has 22 heavy (non-hydrogen) atoms. The van der Waals surface area contributed by atoms with Crippen molar-refractivity contribution in [3.63, 3.8) is 0 Å². The highest BCUT2D eigenvalue weighted by Gasteiger charge is 2.60. The Hall–Kier alpha value is -1.61. The molecule has 122 valence electrons. The Bertz CT molecular complexity index is 662. The minimum Gasteiger partial charge on any atom is -0.467 e. The summed E-state index contributed by atoms with van der Waals surface area (Å²) in [5, 5.41) is 0. The predicted octanol–water partition coefficient (Wildman–Crippen LogP) is 1.79. The first-order valence-electron chi connectivity index (χ1n) is 6.42. The van der Waals surface area contributed by atoms with Crippen LogP contribution < -0.4 is 0 Å². The highest BCUT2D eigenvalue weighted by Crippen LogP contribution is 2.40. The molecule has 0 aromatic heterocycles. The van der Waals surface area contributed by atoms with Crippen molar-refractivity contribution in [2.45, 2.75) is 29.7 Å². The van der Waals surface area contributed by atoms with E-state index in [2.05, 4.69) is 4.74 Å². The first-order chi connectivity index (χ1) is 10.3. The van der Waals surface area contributed by atoms with E-state index >= 15 is 0 Å². The Morgan fingerprint density at radius 2 is 1.91 bits per heavy atom. The molecule has 0 aliphatic carbocycles. The first-order valence-corrected chi connectivity index (χ1v) is 7.86. The zero-order chi connectivity index (χ0) is 16.5. The summed E-state index contributed by atoms with van der Waals surface area (Å²) in [5.74, 6) is -1.96. The van der Waals surface area contributed by atoms with Gasteiger partial charge in [0.25, 0.3) is 6.43 Å². The molecule has 0 radical (unpaired) electrons. The van der Waals surface area contributed by atoms with Crippen LogP contribution in [0.15, 0.2) is 29.2 Å². The van der Waals surface area contributed by atoms with Crippen LogP contribution >= 0.6 is 0 Å². The molecule has 1 atom stereocenters. The van der Waals surface area contributed by atoms with Crippen LogP contribution in [-0.2, 0) is 19.6 Å².